The average Bonchev–Trinajstić information content (AvgIpc) is 3.21. The third-order valence-electron chi connectivity index (χ3n) is 5.92. The molecule has 0 amide bonds. The van der Waals surface area contributed by atoms with Gasteiger partial charge in [-0.2, -0.15) is 0 Å². The second kappa shape index (κ2) is 9.53. The van der Waals surface area contributed by atoms with Crippen molar-refractivity contribution in [2.24, 2.45) is 35.1 Å². The second-order valence-corrected chi connectivity index (χ2v) is 7.65. The highest BCUT2D eigenvalue weighted by molar-refractivity contribution is 5.77. The van der Waals surface area contributed by atoms with Crippen molar-refractivity contribution in [1.29, 1.82) is 0 Å². The first-order valence-corrected chi connectivity index (χ1v) is 9.83. The lowest BCUT2D eigenvalue weighted by molar-refractivity contribution is -0.149. The van der Waals surface area contributed by atoms with Crippen LogP contribution in [0, 0.1) is 23.7 Å². The first-order valence-electron chi connectivity index (χ1n) is 9.83. The van der Waals surface area contributed by atoms with E-state index in [2.05, 4.69) is 13.8 Å². The molecule has 2 bridgehead atoms. The molecule has 0 aromatic rings. The molecule has 2 aliphatic carbocycles. The molecule has 0 radical (unpaired) electrons. The SMILES string of the molecule is CCCCOC(=O)C(N)C1CC2CC1CC2C(N)C(=O)OCCCC. The second-order valence-electron chi connectivity index (χ2n) is 7.65. The summed E-state index contributed by atoms with van der Waals surface area (Å²) in [7, 11) is 0. The van der Waals surface area contributed by atoms with E-state index in [-0.39, 0.29) is 23.8 Å². The van der Waals surface area contributed by atoms with Gasteiger partial charge in [0.25, 0.3) is 0 Å². The van der Waals surface area contributed by atoms with E-state index in [9.17, 15) is 9.59 Å². The molecule has 0 aromatic carbocycles. The first kappa shape index (κ1) is 20.2. The summed E-state index contributed by atoms with van der Waals surface area (Å²) in [5.74, 6) is 0.449. The van der Waals surface area contributed by atoms with E-state index in [0.29, 0.717) is 25.0 Å². The fourth-order valence-corrected chi connectivity index (χ4v) is 4.42. The van der Waals surface area contributed by atoms with Gasteiger partial charge in [-0.05, 0) is 55.8 Å². The van der Waals surface area contributed by atoms with Gasteiger partial charge in [-0.1, -0.05) is 26.7 Å². The highest BCUT2D eigenvalue weighted by atomic mass is 16.5. The summed E-state index contributed by atoms with van der Waals surface area (Å²) in [5, 5.41) is 0. The molecule has 2 fully saturated rings. The summed E-state index contributed by atoms with van der Waals surface area (Å²) < 4.78 is 10.5. The maximum Gasteiger partial charge on any atom is 0.323 e. The van der Waals surface area contributed by atoms with E-state index in [1.807, 2.05) is 0 Å². The van der Waals surface area contributed by atoms with Crippen LogP contribution in [-0.2, 0) is 19.1 Å². The lowest BCUT2D eigenvalue weighted by Crippen LogP contribution is -2.46. The smallest absolute Gasteiger partial charge is 0.323 e. The molecular formula is C19H34N2O4. The Labute approximate surface area is 151 Å². The number of carbonyl (C=O) groups excluding carboxylic acids is 2. The van der Waals surface area contributed by atoms with E-state index in [4.69, 9.17) is 20.9 Å². The minimum absolute atomic E-state index is 0.152. The molecule has 2 aliphatic rings. The Bertz CT molecular complexity index is 417. The number of hydrogen-bond acceptors (Lipinski definition) is 6. The van der Waals surface area contributed by atoms with Crippen molar-refractivity contribution in [3.8, 4) is 0 Å². The summed E-state index contributed by atoms with van der Waals surface area (Å²) in [6.45, 7) is 5.00. The van der Waals surface area contributed by atoms with Crippen LogP contribution >= 0.6 is 0 Å². The zero-order chi connectivity index (χ0) is 18.4. The third kappa shape index (κ3) is 4.94. The lowest BCUT2D eigenvalue weighted by Gasteiger charge is -2.32. The van der Waals surface area contributed by atoms with Crippen LogP contribution in [0.4, 0.5) is 0 Å². The zero-order valence-corrected chi connectivity index (χ0v) is 15.6. The van der Waals surface area contributed by atoms with Crippen molar-refractivity contribution < 1.29 is 19.1 Å². The maximum absolute atomic E-state index is 12.1. The number of hydrogen-bond donors (Lipinski definition) is 2. The summed E-state index contributed by atoms with van der Waals surface area (Å²) in [4.78, 5) is 24.2. The summed E-state index contributed by atoms with van der Waals surface area (Å²) in [6, 6.07) is -1.11. The first-order chi connectivity index (χ1) is 12.0. The Kier molecular flexibility index (Phi) is 7.69. The molecule has 25 heavy (non-hydrogen) atoms. The van der Waals surface area contributed by atoms with Gasteiger partial charge in [0, 0.05) is 0 Å². The summed E-state index contributed by atoms with van der Waals surface area (Å²) in [6.07, 6.45) is 6.43. The van der Waals surface area contributed by atoms with Crippen LogP contribution in [0.15, 0.2) is 0 Å². The Morgan fingerprint density at radius 1 is 0.840 bits per heavy atom. The molecule has 0 aliphatic heterocycles. The molecule has 0 heterocycles. The number of esters is 2. The normalized spacial score (nSPS) is 30.1. The topological polar surface area (TPSA) is 105 Å². The van der Waals surface area contributed by atoms with Gasteiger partial charge in [0.2, 0.25) is 0 Å². The predicted octanol–water partition coefficient (Wildman–Crippen LogP) is 1.99. The predicted molar refractivity (Wildman–Crippen MR) is 95.5 cm³/mol. The fourth-order valence-electron chi connectivity index (χ4n) is 4.42. The van der Waals surface area contributed by atoms with Crippen LogP contribution < -0.4 is 11.5 Å². The van der Waals surface area contributed by atoms with Gasteiger partial charge in [0.05, 0.1) is 13.2 Å². The maximum atomic E-state index is 12.1. The molecule has 6 unspecified atom stereocenters. The minimum atomic E-state index is -0.555. The minimum Gasteiger partial charge on any atom is -0.465 e. The van der Waals surface area contributed by atoms with E-state index in [0.717, 1.165) is 44.9 Å². The van der Waals surface area contributed by atoms with Crippen molar-refractivity contribution in [2.45, 2.75) is 70.9 Å². The molecule has 2 saturated carbocycles. The number of fused-ring (bicyclic) bond motifs is 2. The van der Waals surface area contributed by atoms with E-state index >= 15 is 0 Å². The molecular weight excluding hydrogens is 320 g/mol. The molecule has 6 nitrogen and oxygen atoms in total. The molecule has 144 valence electrons. The van der Waals surface area contributed by atoms with E-state index < -0.39 is 12.1 Å². The van der Waals surface area contributed by atoms with Crippen LogP contribution in [0.1, 0.15) is 58.8 Å². The summed E-state index contributed by atoms with van der Waals surface area (Å²) >= 11 is 0. The van der Waals surface area contributed by atoms with Crippen LogP contribution in [-0.4, -0.2) is 37.2 Å². The molecule has 0 saturated heterocycles. The molecule has 4 N–H and O–H groups in total. The Morgan fingerprint density at radius 2 is 1.24 bits per heavy atom. The Balaban J connectivity index is 1.81. The number of ether oxygens (including phenoxy) is 2. The van der Waals surface area contributed by atoms with Crippen molar-refractivity contribution in [1.82, 2.24) is 0 Å². The molecule has 2 rings (SSSR count). The van der Waals surface area contributed by atoms with Crippen molar-refractivity contribution in [2.75, 3.05) is 13.2 Å². The number of unbranched alkanes of at least 4 members (excludes halogenated alkanes) is 2. The lowest BCUT2D eigenvalue weighted by atomic mass is 9.76. The number of nitrogens with two attached hydrogens (primary N) is 2. The third-order valence-corrected chi connectivity index (χ3v) is 5.92. The molecule has 0 spiro atoms. The van der Waals surface area contributed by atoms with Crippen LogP contribution in [0.2, 0.25) is 0 Å². The van der Waals surface area contributed by atoms with Crippen LogP contribution in [0.3, 0.4) is 0 Å². The van der Waals surface area contributed by atoms with Gasteiger partial charge in [-0.25, -0.2) is 0 Å². The monoisotopic (exact) mass is 354 g/mol. The standard InChI is InChI=1S/C19H34N2O4/c1-3-5-7-24-18(22)16(20)14-10-13-9-12(14)11-15(13)17(21)19(23)25-8-6-4-2/h12-17H,3-11,20-21H2,1-2H3. The van der Waals surface area contributed by atoms with Gasteiger partial charge in [-0.3, -0.25) is 9.59 Å². The van der Waals surface area contributed by atoms with E-state index in [1.165, 1.54) is 0 Å². The fraction of sp³-hybridized carbons (Fsp3) is 0.895. The van der Waals surface area contributed by atoms with E-state index in [1.54, 1.807) is 0 Å². The van der Waals surface area contributed by atoms with Crippen molar-refractivity contribution in [3.63, 3.8) is 0 Å². The molecule has 0 aromatic heterocycles. The van der Waals surface area contributed by atoms with Crippen LogP contribution in [0.5, 0.6) is 0 Å². The zero-order valence-electron chi connectivity index (χ0n) is 15.6. The quantitative estimate of drug-likeness (QED) is 0.459. The Morgan fingerprint density at radius 3 is 1.56 bits per heavy atom. The van der Waals surface area contributed by atoms with Gasteiger partial charge in [0.1, 0.15) is 12.1 Å². The van der Waals surface area contributed by atoms with Crippen molar-refractivity contribution >= 4 is 11.9 Å². The largest absolute Gasteiger partial charge is 0.465 e. The molecule has 6 atom stereocenters. The number of rotatable bonds is 10. The highest BCUT2D eigenvalue weighted by Crippen LogP contribution is 2.53. The van der Waals surface area contributed by atoms with Gasteiger partial charge < -0.3 is 20.9 Å². The van der Waals surface area contributed by atoms with Crippen molar-refractivity contribution in [3.05, 3.63) is 0 Å². The summed E-state index contributed by atoms with van der Waals surface area (Å²) in [5.41, 5.74) is 12.3. The number of carbonyl (C=O) groups is 2. The van der Waals surface area contributed by atoms with Crippen LogP contribution in [0.25, 0.3) is 0 Å². The van der Waals surface area contributed by atoms with Gasteiger partial charge in [0.15, 0.2) is 0 Å². The Hall–Kier alpha value is -1.14. The highest BCUT2D eigenvalue weighted by Gasteiger charge is 2.52. The van der Waals surface area contributed by atoms with Gasteiger partial charge >= 0.3 is 11.9 Å². The average molecular weight is 354 g/mol. The molecule has 6 heteroatoms. The van der Waals surface area contributed by atoms with Gasteiger partial charge in [-0.15, -0.1) is 0 Å².